The average Bonchev–Trinajstić information content (AvgIpc) is 2.83. The van der Waals surface area contributed by atoms with Gasteiger partial charge in [0.1, 0.15) is 0 Å². The first-order chi connectivity index (χ1) is 15.2. The predicted molar refractivity (Wildman–Crippen MR) is 129 cm³/mol. The first-order valence-electron chi connectivity index (χ1n) is 11.0. The highest BCUT2D eigenvalue weighted by atomic mass is 127. The van der Waals surface area contributed by atoms with Crippen LogP contribution in [-0.4, -0.2) is 122 Å². The van der Waals surface area contributed by atoms with Gasteiger partial charge in [0.2, 0.25) is 0 Å². The highest BCUT2D eigenvalue weighted by Crippen LogP contribution is 2.22. The average molecular weight is 646 g/mol. The topological polar surface area (TPSA) is 83.1 Å². The molecule has 0 aromatic carbocycles. The summed E-state index contributed by atoms with van der Waals surface area (Å²) < 4.78 is 51.2. The van der Waals surface area contributed by atoms with Gasteiger partial charge < -0.3 is 68.3 Å². The van der Waals surface area contributed by atoms with E-state index in [1.165, 1.54) is 0 Å². The lowest BCUT2D eigenvalue weighted by atomic mass is 10.2. The van der Waals surface area contributed by atoms with Crippen LogP contribution >= 0.6 is 0 Å². The summed E-state index contributed by atoms with van der Waals surface area (Å²) in [6.07, 6.45) is 2.79. The summed E-state index contributed by atoms with van der Waals surface area (Å²) in [5.74, 6) is 0. The molecule has 14 heteroatoms. The Balaban J connectivity index is 0. The molecule has 33 heavy (non-hydrogen) atoms. The van der Waals surface area contributed by atoms with E-state index in [4.69, 9.17) is 39.8 Å². The minimum Gasteiger partial charge on any atom is -1.00 e. The Hall–Kier alpha value is 0.981. The highest BCUT2D eigenvalue weighted by molar-refractivity contribution is 6.61. The molecule has 0 aliphatic rings. The second-order valence-electron chi connectivity index (χ2n) is 7.99. The van der Waals surface area contributed by atoms with E-state index in [9.17, 15) is 0 Å². The first kappa shape index (κ1) is 36.1. The van der Waals surface area contributed by atoms with Crippen molar-refractivity contribution in [1.82, 2.24) is 0 Å². The van der Waals surface area contributed by atoms with Crippen molar-refractivity contribution in [3.63, 3.8) is 0 Å². The lowest BCUT2D eigenvalue weighted by Gasteiger charge is -2.37. The van der Waals surface area contributed by atoms with Gasteiger partial charge in [-0.1, -0.05) is 0 Å². The molecule has 0 amide bonds. The summed E-state index contributed by atoms with van der Waals surface area (Å²) in [4.78, 5) is 0. The van der Waals surface area contributed by atoms with Crippen LogP contribution < -0.4 is 24.0 Å². The SMILES string of the molecule is CO[Si](CCC[N+](C)(CCC[Si](OC)(OC)OC)CCC[Si](OC)(OC)OC)(OC)OC.[I-]. The van der Waals surface area contributed by atoms with Gasteiger partial charge >= 0.3 is 26.4 Å². The summed E-state index contributed by atoms with van der Waals surface area (Å²) >= 11 is 0. The Morgan fingerprint density at radius 2 is 0.606 bits per heavy atom. The largest absolute Gasteiger partial charge is 1.00 e. The summed E-state index contributed by atoms with van der Waals surface area (Å²) in [6, 6.07) is 2.30. The molecule has 0 aliphatic heterocycles. The van der Waals surface area contributed by atoms with Gasteiger partial charge in [-0.25, -0.2) is 0 Å². The predicted octanol–water partition coefficient (Wildman–Crippen LogP) is -0.758. The Morgan fingerprint density at radius 1 is 0.424 bits per heavy atom. The first-order valence-corrected chi connectivity index (χ1v) is 16.8. The monoisotopic (exact) mass is 645 g/mol. The van der Waals surface area contributed by atoms with Gasteiger partial charge in [-0.2, -0.15) is 0 Å². The van der Waals surface area contributed by atoms with Gasteiger partial charge in [0.25, 0.3) is 0 Å². The van der Waals surface area contributed by atoms with E-state index < -0.39 is 26.4 Å². The number of hydrogen-bond donors (Lipinski definition) is 0. The fourth-order valence-corrected chi connectivity index (χ4v) is 9.15. The number of nitrogens with zero attached hydrogens (tertiary/aromatic N) is 1. The van der Waals surface area contributed by atoms with E-state index in [0.717, 1.165) is 61.5 Å². The molecule has 0 radical (unpaired) electrons. The molecular formula is C19H48INO9Si3. The summed E-state index contributed by atoms with van der Waals surface area (Å²) in [6.45, 7) is 2.90. The van der Waals surface area contributed by atoms with Crippen LogP contribution in [0.1, 0.15) is 19.3 Å². The van der Waals surface area contributed by atoms with E-state index in [-0.39, 0.29) is 24.0 Å². The van der Waals surface area contributed by atoms with E-state index in [0.29, 0.717) is 0 Å². The number of halogens is 1. The molecule has 0 heterocycles. The van der Waals surface area contributed by atoms with Crippen LogP contribution in [0, 0.1) is 0 Å². The lowest BCUT2D eigenvalue weighted by Crippen LogP contribution is -3.00. The zero-order valence-corrected chi connectivity index (χ0v) is 27.5. The molecule has 0 bridgehead atoms. The van der Waals surface area contributed by atoms with Crippen molar-refractivity contribution in [3.05, 3.63) is 0 Å². The van der Waals surface area contributed by atoms with Crippen LogP contribution in [0.15, 0.2) is 0 Å². The van der Waals surface area contributed by atoms with Gasteiger partial charge in [-0.15, -0.1) is 0 Å². The maximum Gasteiger partial charge on any atom is 0.500 e. The molecule has 0 spiro atoms. The lowest BCUT2D eigenvalue weighted by molar-refractivity contribution is -0.909. The van der Waals surface area contributed by atoms with E-state index in [1.54, 1.807) is 64.0 Å². The van der Waals surface area contributed by atoms with Crippen molar-refractivity contribution in [1.29, 1.82) is 0 Å². The molecular weight excluding hydrogens is 597 g/mol. The van der Waals surface area contributed by atoms with Crippen molar-refractivity contribution < 1.29 is 68.3 Å². The molecule has 10 nitrogen and oxygen atoms in total. The van der Waals surface area contributed by atoms with E-state index in [1.807, 2.05) is 0 Å². The second kappa shape index (κ2) is 18.3. The number of quaternary nitrogens is 1. The fourth-order valence-electron chi connectivity index (χ4n) is 4.04. The normalized spacial score (nSPS) is 13.3. The van der Waals surface area contributed by atoms with Crippen molar-refractivity contribution >= 4 is 26.4 Å². The second-order valence-corrected chi connectivity index (χ2v) is 17.3. The molecule has 0 aromatic rings. The molecule has 0 aromatic heterocycles. The van der Waals surface area contributed by atoms with Crippen molar-refractivity contribution in [2.75, 3.05) is 90.7 Å². The highest BCUT2D eigenvalue weighted by Gasteiger charge is 2.41. The molecule has 0 saturated carbocycles. The van der Waals surface area contributed by atoms with Crippen LogP contribution in [-0.2, 0) is 39.8 Å². The third-order valence-electron chi connectivity index (χ3n) is 6.34. The third kappa shape index (κ3) is 11.7. The smallest absolute Gasteiger partial charge is 0.500 e. The zero-order chi connectivity index (χ0) is 24.7. The van der Waals surface area contributed by atoms with Crippen molar-refractivity contribution in [2.24, 2.45) is 0 Å². The number of hydrogen-bond acceptors (Lipinski definition) is 9. The zero-order valence-electron chi connectivity index (χ0n) is 22.4. The van der Waals surface area contributed by atoms with Gasteiger partial charge in [0, 0.05) is 101 Å². The molecule has 0 rings (SSSR count). The summed E-state index contributed by atoms with van der Waals surface area (Å²) in [7, 11) is 9.40. The van der Waals surface area contributed by atoms with Crippen molar-refractivity contribution in [2.45, 2.75) is 37.4 Å². The Labute approximate surface area is 222 Å². The molecule has 0 unspecified atom stereocenters. The summed E-state index contributed by atoms with van der Waals surface area (Å²) in [5, 5.41) is 0. The number of rotatable bonds is 21. The van der Waals surface area contributed by atoms with Crippen LogP contribution in [0.25, 0.3) is 0 Å². The van der Waals surface area contributed by atoms with E-state index >= 15 is 0 Å². The molecule has 0 N–H and O–H groups in total. The van der Waals surface area contributed by atoms with Crippen LogP contribution in [0.3, 0.4) is 0 Å². The molecule has 0 aliphatic carbocycles. The fraction of sp³-hybridized carbons (Fsp3) is 1.00. The quantitative estimate of drug-likeness (QED) is 0.0910. The van der Waals surface area contributed by atoms with E-state index in [2.05, 4.69) is 7.05 Å². The Kier molecular flexibility index (Phi) is 20.0. The minimum absolute atomic E-state index is 0. The van der Waals surface area contributed by atoms with Gasteiger partial charge in [0.15, 0.2) is 0 Å². The minimum atomic E-state index is -2.59. The summed E-state index contributed by atoms with van der Waals surface area (Å²) in [5.41, 5.74) is 0. The molecule has 0 saturated heterocycles. The van der Waals surface area contributed by atoms with Crippen molar-refractivity contribution in [3.8, 4) is 0 Å². The van der Waals surface area contributed by atoms with Crippen LogP contribution in [0.2, 0.25) is 18.1 Å². The van der Waals surface area contributed by atoms with Crippen LogP contribution in [0.5, 0.6) is 0 Å². The van der Waals surface area contributed by atoms with Gasteiger partial charge in [0.05, 0.1) is 26.7 Å². The molecule has 0 atom stereocenters. The third-order valence-corrected chi connectivity index (χ3v) is 14.8. The maximum atomic E-state index is 5.59. The van der Waals surface area contributed by atoms with Gasteiger partial charge in [-0.05, 0) is 0 Å². The van der Waals surface area contributed by atoms with Crippen LogP contribution in [0.4, 0.5) is 0 Å². The maximum absolute atomic E-state index is 5.59. The Morgan fingerprint density at radius 3 is 0.758 bits per heavy atom. The molecule has 202 valence electrons. The standard InChI is InChI=1S/C19H48NO9Si3.HI/c1-20(14-11-17-30(21-2,22-3)23-4,15-12-18-31(24-5,25-6)26-7)16-13-19-32(27-8,28-9)29-10;/h11-19H2,1-10H3;1H/q+1;/p-1. The Bertz CT molecular complexity index is 396. The van der Waals surface area contributed by atoms with Gasteiger partial charge in [-0.3, -0.25) is 0 Å². The molecule has 0 fully saturated rings.